The number of alkyl halides is 1. The van der Waals surface area contributed by atoms with Crippen molar-refractivity contribution >= 4 is 39.6 Å². The molecule has 0 saturated carbocycles. The zero-order chi connectivity index (χ0) is 15.9. The van der Waals surface area contributed by atoms with Crippen LogP contribution in [0.3, 0.4) is 0 Å². The Bertz CT molecular complexity index is 411. The van der Waals surface area contributed by atoms with Gasteiger partial charge in [-0.2, -0.15) is 0 Å². The predicted octanol–water partition coefficient (Wildman–Crippen LogP) is 0.642. The molecule has 0 aliphatic heterocycles. The van der Waals surface area contributed by atoms with Crippen LogP contribution in [0, 0.1) is 0 Å². The minimum Gasteiger partial charge on any atom is -0.479 e. The van der Waals surface area contributed by atoms with Gasteiger partial charge in [0.25, 0.3) is 0 Å². The number of halogens is 1. The molecule has 20 heavy (non-hydrogen) atoms. The van der Waals surface area contributed by atoms with Crippen molar-refractivity contribution in [3.63, 3.8) is 0 Å². The van der Waals surface area contributed by atoms with Gasteiger partial charge in [0, 0.05) is 6.92 Å². The summed E-state index contributed by atoms with van der Waals surface area (Å²) >= 11 is 2.89. The number of nitrogens with one attached hydrogen (secondary N) is 1. The Balaban J connectivity index is 5.48. The highest BCUT2D eigenvalue weighted by molar-refractivity contribution is 9.09. The Hall–Kier alpha value is -1.44. The third-order valence-electron chi connectivity index (χ3n) is 2.60. The number of aliphatic carboxylic acids is 1. The van der Waals surface area contributed by atoms with Crippen molar-refractivity contribution in [2.75, 3.05) is 5.33 Å². The van der Waals surface area contributed by atoms with Crippen LogP contribution in [-0.2, 0) is 23.9 Å². The standard InChI is InChI=1S/C12H18BrNO6/c1-4-7(2)20-11(19)12(10(17)18,14-8(3)15)5-9(16)6-13/h7H,4-6H2,1-3H3,(H,14,15)(H,17,18). The number of Topliss-reactive ketones (excluding diaryl/α,β-unsaturated/α-hetero) is 1. The van der Waals surface area contributed by atoms with Crippen LogP contribution in [0.2, 0.25) is 0 Å². The largest absolute Gasteiger partial charge is 0.479 e. The average Bonchev–Trinajstić information content (AvgIpc) is 2.36. The Morgan fingerprint density at radius 1 is 1.35 bits per heavy atom. The van der Waals surface area contributed by atoms with E-state index in [9.17, 15) is 24.3 Å². The lowest BCUT2D eigenvalue weighted by Gasteiger charge is -2.28. The first kappa shape index (κ1) is 18.6. The van der Waals surface area contributed by atoms with Gasteiger partial charge in [-0.3, -0.25) is 9.59 Å². The first-order chi connectivity index (χ1) is 9.19. The van der Waals surface area contributed by atoms with Gasteiger partial charge in [-0.25, -0.2) is 9.59 Å². The maximum atomic E-state index is 12.1. The van der Waals surface area contributed by atoms with Gasteiger partial charge in [-0.15, -0.1) is 0 Å². The van der Waals surface area contributed by atoms with Crippen LogP contribution >= 0.6 is 15.9 Å². The van der Waals surface area contributed by atoms with Crippen molar-refractivity contribution in [2.45, 2.75) is 45.3 Å². The summed E-state index contributed by atoms with van der Waals surface area (Å²) in [5.74, 6) is -4.06. The number of rotatable bonds is 8. The van der Waals surface area contributed by atoms with Gasteiger partial charge in [0.1, 0.15) is 5.78 Å². The van der Waals surface area contributed by atoms with E-state index in [-0.39, 0.29) is 5.33 Å². The quantitative estimate of drug-likeness (QED) is 0.377. The molecule has 114 valence electrons. The fraction of sp³-hybridized carbons (Fsp3) is 0.667. The molecule has 2 unspecified atom stereocenters. The van der Waals surface area contributed by atoms with Crippen LogP contribution < -0.4 is 5.32 Å². The smallest absolute Gasteiger partial charge is 0.344 e. The van der Waals surface area contributed by atoms with Crippen molar-refractivity contribution in [2.24, 2.45) is 0 Å². The molecule has 0 saturated heterocycles. The topological polar surface area (TPSA) is 110 Å². The lowest BCUT2D eigenvalue weighted by Crippen LogP contribution is -2.62. The second-order valence-corrected chi connectivity index (χ2v) is 4.93. The van der Waals surface area contributed by atoms with Crippen molar-refractivity contribution in [1.82, 2.24) is 5.32 Å². The van der Waals surface area contributed by atoms with E-state index in [1.54, 1.807) is 13.8 Å². The summed E-state index contributed by atoms with van der Waals surface area (Å²) in [6.45, 7) is 4.40. The molecule has 8 heteroatoms. The van der Waals surface area contributed by atoms with E-state index in [1.807, 2.05) is 5.32 Å². The predicted molar refractivity (Wildman–Crippen MR) is 73.4 cm³/mol. The number of esters is 1. The molecule has 0 fully saturated rings. The van der Waals surface area contributed by atoms with Crippen LogP contribution in [-0.4, -0.2) is 45.7 Å². The molecule has 2 atom stereocenters. The number of hydrogen-bond acceptors (Lipinski definition) is 5. The number of hydrogen-bond donors (Lipinski definition) is 2. The minimum atomic E-state index is -2.39. The SMILES string of the molecule is CCC(C)OC(=O)C(CC(=O)CBr)(NC(C)=O)C(=O)O. The van der Waals surface area contributed by atoms with E-state index in [4.69, 9.17) is 4.74 Å². The zero-order valence-corrected chi connectivity index (χ0v) is 13.2. The second-order valence-electron chi connectivity index (χ2n) is 4.36. The molecule has 0 aliphatic rings. The van der Waals surface area contributed by atoms with E-state index >= 15 is 0 Å². The number of carbonyl (C=O) groups is 4. The van der Waals surface area contributed by atoms with E-state index < -0.39 is 41.7 Å². The molecular weight excluding hydrogens is 334 g/mol. The van der Waals surface area contributed by atoms with Crippen LogP contribution in [0.4, 0.5) is 0 Å². The Morgan fingerprint density at radius 2 is 1.90 bits per heavy atom. The van der Waals surface area contributed by atoms with E-state index in [1.165, 1.54) is 0 Å². The van der Waals surface area contributed by atoms with E-state index in [0.717, 1.165) is 6.92 Å². The summed E-state index contributed by atoms with van der Waals surface area (Å²) in [6, 6.07) is 0. The van der Waals surface area contributed by atoms with E-state index in [2.05, 4.69) is 15.9 Å². The van der Waals surface area contributed by atoms with Crippen LogP contribution in [0.5, 0.6) is 0 Å². The molecule has 0 aromatic rings. The molecule has 0 spiro atoms. The number of carboxylic acid groups (broad SMARTS) is 1. The zero-order valence-electron chi connectivity index (χ0n) is 11.6. The minimum absolute atomic E-state index is 0.127. The van der Waals surface area contributed by atoms with Crippen LogP contribution in [0.15, 0.2) is 0 Å². The second kappa shape index (κ2) is 7.98. The van der Waals surface area contributed by atoms with Crippen molar-refractivity contribution in [3.05, 3.63) is 0 Å². The number of ketones is 1. The lowest BCUT2D eigenvalue weighted by molar-refractivity contribution is -0.169. The highest BCUT2D eigenvalue weighted by Crippen LogP contribution is 2.17. The average molecular weight is 352 g/mol. The molecule has 0 aliphatic carbocycles. The fourth-order valence-corrected chi connectivity index (χ4v) is 1.59. The molecule has 1 amide bonds. The van der Waals surface area contributed by atoms with Gasteiger partial charge >= 0.3 is 11.9 Å². The normalized spacial score (nSPS) is 14.8. The fourth-order valence-electron chi connectivity index (χ4n) is 1.39. The Morgan fingerprint density at radius 3 is 2.25 bits per heavy atom. The summed E-state index contributed by atoms with van der Waals surface area (Å²) in [6.07, 6.45) is -0.717. The third-order valence-corrected chi connectivity index (χ3v) is 3.22. The van der Waals surface area contributed by atoms with Gasteiger partial charge in [0.05, 0.1) is 17.9 Å². The summed E-state index contributed by atoms with van der Waals surface area (Å²) in [5.41, 5.74) is -2.39. The number of amides is 1. The summed E-state index contributed by atoms with van der Waals surface area (Å²) in [7, 11) is 0. The van der Waals surface area contributed by atoms with Gasteiger partial charge in [0.2, 0.25) is 11.4 Å². The van der Waals surface area contributed by atoms with Gasteiger partial charge in [0.15, 0.2) is 0 Å². The highest BCUT2D eigenvalue weighted by atomic mass is 79.9. The lowest BCUT2D eigenvalue weighted by atomic mass is 9.92. The molecule has 0 rings (SSSR count). The first-order valence-electron chi connectivity index (χ1n) is 6.00. The van der Waals surface area contributed by atoms with Crippen molar-refractivity contribution in [1.29, 1.82) is 0 Å². The number of carbonyl (C=O) groups excluding carboxylic acids is 3. The molecule has 0 heterocycles. The van der Waals surface area contributed by atoms with Crippen molar-refractivity contribution < 1.29 is 29.0 Å². The third kappa shape index (κ3) is 4.92. The first-order valence-corrected chi connectivity index (χ1v) is 7.12. The molecule has 2 N–H and O–H groups in total. The maximum absolute atomic E-state index is 12.1. The number of carboxylic acids is 1. The Labute approximate surface area is 125 Å². The van der Waals surface area contributed by atoms with Gasteiger partial charge in [-0.1, -0.05) is 22.9 Å². The summed E-state index contributed by atoms with van der Waals surface area (Å²) < 4.78 is 4.97. The van der Waals surface area contributed by atoms with Crippen LogP contribution in [0.1, 0.15) is 33.6 Å². The maximum Gasteiger partial charge on any atom is 0.344 e. The van der Waals surface area contributed by atoms with E-state index in [0.29, 0.717) is 6.42 Å². The van der Waals surface area contributed by atoms with Crippen molar-refractivity contribution in [3.8, 4) is 0 Å². The molecule has 0 aromatic carbocycles. The van der Waals surface area contributed by atoms with Gasteiger partial charge < -0.3 is 15.2 Å². The summed E-state index contributed by atoms with van der Waals surface area (Å²) in [5, 5.41) is 11.2. The molecule has 0 bridgehead atoms. The molecule has 0 radical (unpaired) electrons. The highest BCUT2D eigenvalue weighted by Gasteiger charge is 2.50. The number of ether oxygens (including phenoxy) is 1. The van der Waals surface area contributed by atoms with Crippen LogP contribution in [0.25, 0.3) is 0 Å². The summed E-state index contributed by atoms with van der Waals surface area (Å²) in [4.78, 5) is 46.2. The Kier molecular flexibility index (Phi) is 7.41. The molecule has 0 aromatic heterocycles. The molecule has 7 nitrogen and oxygen atoms in total. The van der Waals surface area contributed by atoms with Gasteiger partial charge in [-0.05, 0) is 13.3 Å². The monoisotopic (exact) mass is 351 g/mol. The molecular formula is C12H18BrNO6.